The molecule has 0 aliphatic heterocycles. The quantitative estimate of drug-likeness (QED) is 0.425. The van der Waals surface area contributed by atoms with Gasteiger partial charge < -0.3 is 5.32 Å². The van der Waals surface area contributed by atoms with Crippen molar-refractivity contribution in [3.63, 3.8) is 0 Å². The third-order valence-corrected chi connectivity index (χ3v) is 6.73. The Balaban J connectivity index is 1.77. The van der Waals surface area contributed by atoms with Crippen molar-refractivity contribution in [2.24, 2.45) is 0 Å². The van der Waals surface area contributed by atoms with Crippen LogP contribution in [0.3, 0.4) is 0 Å². The zero-order valence-corrected chi connectivity index (χ0v) is 21.4. The van der Waals surface area contributed by atoms with Crippen LogP contribution >= 0.6 is 11.6 Å². The fourth-order valence-corrected chi connectivity index (χ4v) is 4.42. The molecule has 3 rings (SSSR count). The molecule has 35 heavy (non-hydrogen) atoms. The summed E-state index contributed by atoms with van der Waals surface area (Å²) < 4.78 is 38.9. The van der Waals surface area contributed by atoms with Gasteiger partial charge in [-0.25, -0.2) is 12.8 Å². The fraction of sp³-hybridized carbons (Fsp3) is 0.231. The van der Waals surface area contributed by atoms with E-state index in [1.165, 1.54) is 12.1 Å². The molecule has 0 atom stereocenters. The highest BCUT2D eigenvalue weighted by atomic mass is 35.5. The maximum absolute atomic E-state index is 13.5. The summed E-state index contributed by atoms with van der Waals surface area (Å²) in [5.74, 6) is -1.56. The van der Waals surface area contributed by atoms with Gasteiger partial charge in [0, 0.05) is 16.8 Å². The molecule has 0 radical (unpaired) electrons. The number of anilines is 2. The predicted molar refractivity (Wildman–Crippen MR) is 137 cm³/mol. The standard InChI is InChI=1S/C26H26ClFN2O4S/c1-26(2,3)19-10-8-17(9-11-19)25(32)18-6-5-7-20(14-18)29-24(31)16-30(35(4,33)34)21-12-13-23(28)22(27)15-21/h5-15H,16H2,1-4H3,(H,29,31). The van der Waals surface area contributed by atoms with Crippen molar-refractivity contribution >= 4 is 44.7 Å². The van der Waals surface area contributed by atoms with Crippen molar-refractivity contribution in [1.29, 1.82) is 0 Å². The zero-order chi connectivity index (χ0) is 26.0. The van der Waals surface area contributed by atoms with Gasteiger partial charge in [-0.3, -0.25) is 13.9 Å². The highest BCUT2D eigenvalue weighted by Crippen LogP contribution is 2.25. The van der Waals surface area contributed by atoms with Gasteiger partial charge in [0.1, 0.15) is 12.4 Å². The summed E-state index contributed by atoms with van der Waals surface area (Å²) in [7, 11) is -3.87. The minimum Gasteiger partial charge on any atom is -0.324 e. The molecule has 0 fully saturated rings. The topological polar surface area (TPSA) is 83.6 Å². The molecule has 0 heterocycles. The lowest BCUT2D eigenvalue weighted by Gasteiger charge is -2.22. The Kier molecular flexibility index (Phi) is 7.67. The van der Waals surface area contributed by atoms with Gasteiger partial charge in [-0.1, -0.05) is 68.8 Å². The van der Waals surface area contributed by atoms with E-state index in [1.54, 1.807) is 30.3 Å². The molecule has 0 saturated carbocycles. The van der Waals surface area contributed by atoms with Gasteiger partial charge in [0.15, 0.2) is 5.78 Å². The summed E-state index contributed by atoms with van der Waals surface area (Å²) in [5, 5.41) is 2.35. The molecular formula is C26H26ClFN2O4S. The second-order valence-corrected chi connectivity index (χ2v) is 11.5. The molecule has 0 unspecified atom stereocenters. The third-order valence-electron chi connectivity index (χ3n) is 5.30. The second-order valence-electron chi connectivity index (χ2n) is 9.15. The molecule has 0 aliphatic carbocycles. The summed E-state index contributed by atoms with van der Waals surface area (Å²) in [5.41, 5.74) is 2.34. The van der Waals surface area contributed by atoms with Crippen molar-refractivity contribution in [3.05, 3.63) is 94.3 Å². The maximum atomic E-state index is 13.5. The number of nitrogens with zero attached hydrogens (tertiary/aromatic N) is 1. The number of carbonyl (C=O) groups excluding carboxylic acids is 2. The fourth-order valence-electron chi connectivity index (χ4n) is 3.40. The number of ketones is 1. The van der Waals surface area contributed by atoms with E-state index in [0.717, 1.165) is 28.3 Å². The van der Waals surface area contributed by atoms with E-state index in [0.29, 0.717) is 16.8 Å². The average Bonchev–Trinajstić information content (AvgIpc) is 2.78. The smallest absolute Gasteiger partial charge is 0.245 e. The van der Waals surface area contributed by atoms with Crippen LogP contribution in [0.1, 0.15) is 42.3 Å². The molecule has 184 valence electrons. The molecule has 6 nitrogen and oxygen atoms in total. The number of amides is 1. The molecule has 0 aromatic heterocycles. The number of rotatable bonds is 7. The van der Waals surface area contributed by atoms with Gasteiger partial charge >= 0.3 is 0 Å². The molecule has 0 saturated heterocycles. The van der Waals surface area contributed by atoms with Crippen molar-refractivity contribution in [3.8, 4) is 0 Å². The molecule has 0 bridgehead atoms. The first-order chi connectivity index (χ1) is 16.3. The van der Waals surface area contributed by atoms with Crippen molar-refractivity contribution < 1.29 is 22.4 Å². The van der Waals surface area contributed by atoms with Crippen LogP contribution < -0.4 is 9.62 Å². The molecular weight excluding hydrogens is 491 g/mol. The lowest BCUT2D eigenvalue weighted by Crippen LogP contribution is -2.37. The number of benzene rings is 3. The number of halogens is 2. The second kappa shape index (κ2) is 10.2. The van der Waals surface area contributed by atoms with Gasteiger partial charge in [0.2, 0.25) is 15.9 Å². The van der Waals surface area contributed by atoms with Crippen LogP contribution in [0.2, 0.25) is 5.02 Å². The number of hydrogen-bond donors (Lipinski definition) is 1. The highest BCUT2D eigenvalue weighted by Gasteiger charge is 2.22. The molecule has 9 heteroatoms. The van der Waals surface area contributed by atoms with E-state index in [4.69, 9.17) is 11.6 Å². The number of hydrogen-bond acceptors (Lipinski definition) is 4. The van der Waals surface area contributed by atoms with Gasteiger partial charge in [-0.05, 0) is 41.3 Å². The molecule has 1 amide bonds. The van der Waals surface area contributed by atoms with Crippen molar-refractivity contribution in [2.45, 2.75) is 26.2 Å². The Labute approximate surface area is 209 Å². The summed E-state index contributed by atoms with van der Waals surface area (Å²) in [6.07, 6.45) is 0.932. The summed E-state index contributed by atoms with van der Waals surface area (Å²) in [6, 6.07) is 17.1. The van der Waals surface area contributed by atoms with Crippen LogP contribution in [0.25, 0.3) is 0 Å². The minimum atomic E-state index is -3.87. The highest BCUT2D eigenvalue weighted by molar-refractivity contribution is 7.92. The molecule has 3 aromatic carbocycles. The SMILES string of the molecule is CC(C)(C)c1ccc(C(=O)c2cccc(NC(=O)CN(c3ccc(F)c(Cl)c3)S(C)(=O)=O)c2)cc1. The van der Waals surface area contributed by atoms with E-state index < -0.39 is 28.3 Å². The lowest BCUT2D eigenvalue weighted by molar-refractivity contribution is -0.114. The van der Waals surface area contributed by atoms with Crippen LogP contribution in [0.15, 0.2) is 66.7 Å². The van der Waals surface area contributed by atoms with Crippen molar-refractivity contribution in [1.82, 2.24) is 0 Å². The monoisotopic (exact) mass is 516 g/mol. The molecule has 1 N–H and O–H groups in total. The summed E-state index contributed by atoms with van der Waals surface area (Å²) in [4.78, 5) is 25.6. The third kappa shape index (κ3) is 6.68. The van der Waals surface area contributed by atoms with E-state index in [-0.39, 0.29) is 21.9 Å². The predicted octanol–water partition coefficient (Wildman–Crippen LogP) is 5.41. The summed E-state index contributed by atoms with van der Waals surface area (Å²) in [6.45, 7) is 5.70. The Hall–Kier alpha value is -3.23. The number of carbonyl (C=O) groups is 2. The van der Waals surface area contributed by atoms with Crippen LogP contribution in [0.4, 0.5) is 15.8 Å². The first kappa shape index (κ1) is 26.4. The maximum Gasteiger partial charge on any atom is 0.245 e. The van der Waals surface area contributed by atoms with E-state index in [9.17, 15) is 22.4 Å². The van der Waals surface area contributed by atoms with Crippen LogP contribution in [-0.2, 0) is 20.2 Å². The molecule has 0 spiro atoms. The number of nitrogens with one attached hydrogen (secondary N) is 1. The first-order valence-electron chi connectivity index (χ1n) is 10.7. The van der Waals surface area contributed by atoms with Crippen LogP contribution in [0, 0.1) is 5.82 Å². The minimum absolute atomic E-state index is 0.0368. The average molecular weight is 517 g/mol. The Morgan fingerprint density at radius 1 is 0.971 bits per heavy atom. The number of sulfonamides is 1. The van der Waals surface area contributed by atoms with Gasteiger partial charge in [-0.15, -0.1) is 0 Å². The molecule has 0 aliphatic rings. The van der Waals surface area contributed by atoms with Gasteiger partial charge in [-0.2, -0.15) is 0 Å². The van der Waals surface area contributed by atoms with Crippen LogP contribution in [0.5, 0.6) is 0 Å². The van der Waals surface area contributed by atoms with E-state index in [2.05, 4.69) is 26.1 Å². The Morgan fingerprint density at radius 2 is 1.63 bits per heavy atom. The normalized spacial score (nSPS) is 11.7. The van der Waals surface area contributed by atoms with Gasteiger partial charge in [0.25, 0.3) is 0 Å². The van der Waals surface area contributed by atoms with Crippen molar-refractivity contribution in [2.75, 3.05) is 22.4 Å². The van der Waals surface area contributed by atoms with Crippen LogP contribution in [-0.4, -0.2) is 32.9 Å². The Bertz CT molecular complexity index is 1370. The zero-order valence-electron chi connectivity index (χ0n) is 19.8. The lowest BCUT2D eigenvalue weighted by atomic mass is 9.86. The van der Waals surface area contributed by atoms with E-state index >= 15 is 0 Å². The largest absolute Gasteiger partial charge is 0.324 e. The van der Waals surface area contributed by atoms with E-state index in [1.807, 2.05) is 12.1 Å². The molecule has 3 aromatic rings. The summed E-state index contributed by atoms with van der Waals surface area (Å²) >= 11 is 5.77. The Morgan fingerprint density at radius 3 is 2.20 bits per heavy atom. The first-order valence-corrected chi connectivity index (χ1v) is 13.0. The van der Waals surface area contributed by atoms with Gasteiger partial charge in [0.05, 0.1) is 17.0 Å².